The van der Waals surface area contributed by atoms with Crippen molar-refractivity contribution in [3.05, 3.63) is 22.4 Å². The van der Waals surface area contributed by atoms with E-state index >= 15 is 0 Å². The van der Waals surface area contributed by atoms with E-state index in [1.165, 1.54) is 6.42 Å². The Labute approximate surface area is 128 Å². The fourth-order valence-corrected chi connectivity index (χ4v) is 3.86. The number of rotatable bonds is 3. The molecule has 0 spiro atoms. The van der Waals surface area contributed by atoms with Gasteiger partial charge >= 0.3 is 0 Å². The minimum atomic E-state index is 0.336. The van der Waals surface area contributed by atoms with Crippen LogP contribution in [0, 0.1) is 11.8 Å². The summed E-state index contributed by atoms with van der Waals surface area (Å²) in [4.78, 5) is 9.78. The van der Waals surface area contributed by atoms with Crippen LogP contribution in [0.3, 0.4) is 0 Å². The molecule has 0 aliphatic heterocycles. The van der Waals surface area contributed by atoms with Crippen molar-refractivity contribution in [3.63, 3.8) is 0 Å². The molecule has 1 aliphatic rings. The van der Waals surface area contributed by atoms with E-state index in [4.69, 9.17) is 16.3 Å². The molecule has 0 radical (unpaired) electrons. The summed E-state index contributed by atoms with van der Waals surface area (Å²) in [5.41, 5.74) is 0. The number of ether oxygens (including phenoxy) is 1. The second kappa shape index (κ2) is 5.96. The molecule has 2 heterocycles. The predicted molar refractivity (Wildman–Crippen MR) is 83.2 cm³/mol. The minimum absolute atomic E-state index is 0.336. The fraction of sp³-hybridized carbons (Fsp3) is 0.600. The van der Waals surface area contributed by atoms with Gasteiger partial charge in [0, 0.05) is 5.39 Å². The summed E-state index contributed by atoms with van der Waals surface area (Å²) in [6, 6.07) is 1.96. The highest BCUT2D eigenvalue weighted by Gasteiger charge is 2.25. The van der Waals surface area contributed by atoms with E-state index in [0.717, 1.165) is 34.9 Å². The molecule has 108 valence electrons. The Hall–Kier alpha value is -0.710. The van der Waals surface area contributed by atoms with Gasteiger partial charge in [-0.25, -0.2) is 9.97 Å². The van der Waals surface area contributed by atoms with Crippen LogP contribution < -0.4 is 0 Å². The molecule has 1 saturated carbocycles. The normalized spacial score (nSPS) is 27.1. The van der Waals surface area contributed by atoms with E-state index < -0.39 is 0 Å². The molecule has 20 heavy (non-hydrogen) atoms. The van der Waals surface area contributed by atoms with Crippen molar-refractivity contribution in [1.29, 1.82) is 0 Å². The molecular weight excluding hydrogens is 292 g/mol. The van der Waals surface area contributed by atoms with Crippen LogP contribution in [-0.4, -0.2) is 16.1 Å². The van der Waals surface area contributed by atoms with Crippen LogP contribution in [0.25, 0.3) is 10.2 Å². The van der Waals surface area contributed by atoms with Gasteiger partial charge in [0.05, 0.1) is 6.10 Å². The summed E-state index contributed by atoms with van der Waals surface area (Å²) in [6.45, 7) is 5.10. The first-order valence-electron chi connectivity index (χ1n) is 7.14. The first-order valence-corrected chi connectivity index (χ1v) is 8.40. The van der Waals surface area contributed by atoms with Crippen molar-refractivity contribution >= 4 is 33.2 Å². The van der Waals surface area contributed by atoms with Crippen molar-refractivity contribution < 1.29 is 4.74 Å². The Bertz CT molecular complexity index is 601. The van der Waals surface area contributed by atoms with Crippen molar-refractivity contribution in [2.45, 2.75) is 45.8 Å². The van der Waals surface area contributed by atoms with E-state index in [9.17, 15) is 0 Å². The van der Waals surface area contributed by atoms with Gasteiger partial charge in [0.2, 0.25) is 0 Å². The zero-order valence-corrected chi connectivity index (χ0v) is 13.4. The average Bonchev–Trinajstić information content (AvgIpc) is 2.89. The smallest absolute Gasteiger partial charge is 0.157 e. The number of aromatic nitrogens is 2. The fourth-order valence-electron chi connectivity index (χ4n) is 2.77. The van der Waals surface area contributed by atoms with Gasteiger partial charge in [-0.1, -0.05) is 25.4 Å². The average molecular weight is 311 g/mol. The second-order valence-electron chi connectivity index (χ2n) is 5.77. The van der Waals surface area contributed by atoms with E-state index in [0.29, 0.717) is 23.7 Å². The molecule has 0 bridgehead atoms. The van der Waals surface area contributed by atoms with Gasteiger partial charge in [0.25, 0.3) is 0 Å². The highest BCUT2D eigenvalue weighted by atomic mass is 35.5. The van der Waals surface area contributed by atoms with Gasteiger partial charge in [-0.05, 0) is 42.5 Å². The van der Waals surface area contributed by atoms with Gasteiger partial charge in [-0.15, -0.1) is 11.3 Å². The molecule has 1 aliphatic carbocycles. The third-order valence-electron chi connectivity index (χ3n) is 4.32. The van der Waals surface area contributed by atoms with E-state index in [2.05, 4.69) is 23.8 Å². The molecule has 3 rings (SSSR count). The molecule has 3 unspecified atom stereocenters. The molecule has 0 saturated heterocycles. The zero-order chi connectivity index (χ0) is 14.1. The number of halogens is 1. The van der Waals surface area contributed by atoms with Crippen LogP contribution in [-0.2, 0) is 11.3 Å². The Balaban J connectivity index is 1.65. The maximum absolute atomic E-state index is 6.17. The zero-order valence-electron chi connectivity index (χ0n) is 11.8. The van der Waals surface area contributed by atoms with Gasteiger partial charge in [-0.2, -0.15) is 0 Å². The SMILES string of the molecule is CC1CCC(OCc2nc(Cl)c3ccsc3n2)CC1C. The number of fused-ring (bicyclic) bond motifs is 1. The van der Waals surface area contributed by atoms with E-state index in [1.54, 1.807) is 11.3 Å². The van der Waals surface area contributed by atoms with Gasteiger partial charge in [-0.3, -0.25) is 0 Å². The molecule has 1 fully saturated rings. The van der Waals surface area contributed by atoms with E-state index in [-0.39, 0.29) is 0 Å². The number of hydrogen-bond donors (Lipinski definition) is 0. The van der Waals surface area contributed by atoms with Crippen LogP contribution in [0.5, 0.6) is 0 Å². The molecule has 0 N–H and O–H groups in total. The standard InChI is InChI=1S/C15H19ClN2OS/c1-9-3-4-11(7-10(9)2)19-8-13-17-14(16)12-5-6-20-15(12)18-13/h5-6,9-11H,3-4,7-8H2,1-2H3. The lowest BCUT2D eigenvalue weighted by atomic mass is 9.80. The molecule has 2 aromatic heterocycles. The molecule has 2 aromatic rings. The monoisotopic (exact) mass is 310 g/mol. The quantitative estimate of drug-likeness (QED) is 0.772. The first-order chi connectivity index (χ1) is 9.63. The first kappa shape index (κ1) is 14.2. The maximum atomic E-state index is 6.17. The second-order valence-corrected chi connectivity index (χ2v) is 7.02. The summed E-state index contributed by atoms with van der Waals surface area (Å²) in [5.74, 6) is 2.23. The van der Waals surface area contributed by atoms with Gasteiger partial charge < -0.3 is 4.74 Å². The summed E-state index contributed by atoms with van der Waals surface area (Å²) >= 11 is 7.75. The maximum Gasteiger partial charge on any atom is 0.157 e. The summed E-state index contributed by atoms with van der Waals surface area (Å²) in [5, 5.41) is 3.45. The van der Waals surface area contributed by atoms with E-state index in [1.807, 2.05) is 11.4 Å². The number of thiophene rings is 1. The third-order valence-corrected chi connectivity index (χ3v) is 5.42. The van der Waals surface area contributed by atoms with Crippen molar-refractivity contribution in [3.8, 4) is 0 Å². The van der Waals surface area contributed by atoms with Crippen LogP contribution in [0.4, 0.5) is 0 Å². The van der Waals surface area contributed by atoms with Crippen molar-refractivity contribution in [2.24, 2.45) is 11.8 Å². The molecular formula is C15H19ClN2OS. The Morgan fingerprint density at radius 2 is 2.15 bits per heavy atom. The molecule has 0 amide bonds. The van der Waals surface area contributed by atoms with Crippen LogP contribution in [0.2, 0.25) is 5.15 Å². The van der Waals surface area contributed by atoms with Gasteiger partial charge in [0.15, 0.2) is 5.82 Å². The summed E-state index contributed by atoms with van der Waals surface area (Å²) in [6.07, 6.45) is 3.86. The molecule has 3 nitrogen and oxygen atoms in total. The van der Waals surface area contributed by atoms with Gasteiger partial charge in [0.1, 0.15) is 16.6 Å². The highest BCUT2D eigenvalue weighted by molar-refractivity contribution is 7.16. The molecule has 5 heteroatoms. The molecule has 3 atom stereocenters. The minimum Gasteiger partial charge on any atom is -0.370 e. The summed E-state index contributed by atoms with van der Waals surface area (Å²) in [7, 11) is 0. The number of hydrogen-bond acceptors (Lipinski definition) is 4. The Morgan fingerprint density at radius 1 is 1.30 bits per heavy atom. The Kier molecular flexibility index (Phi) is 4.24. The highest BCUT2D eigenvalue weighted by Crippen LogP contribution is 2.31. The topological polar surface area (TPSA) is 35.0 Å². The predicted octanol–water partition coefficient (Wildman–Crippen LogP) is 4.69. The lowest BCUT2D eigenvalue weighted by molar-refractivity contribution is -0.0101. The van der Waals surface area contributed by atoms with Crippen LogP contribution in [0.15, 0.2) is 11.4 Å². The largest absolute Gasteiger partial charge is 0.370 e. The van der Waals surface area contributed by atoms with Crippen molar-refractivity contribution in [2.75, 3.05) is 0 Å². The van der Waals surface area contributed by atoms with Crippen LogP contribution >= 0.6 is 22.9 Å². The van der Waals surface area contributed by atoms with Crippen LogP contribution in [0.1, 0.15) is 38.9 Å². The molecule has 0 aromatic carbocycles. The lowest BCUT2D eigenvalue weighted by Gasteiger charge is -2.31. The third kappa shape index (κ3) is 2.97. The lowest BCUT2D eigenvalue weighted by Crippen LogP contribution is -2.26. The number of nitrogens with zero attached hydrogens (tertiary/aromatic N) is 2. The Morgan fingerprint density at radius 3 is 2.95 bits per heavy atom. The summed E-state index contributed by atoms with van der Waals surface area (Å²) < 4.78 is 5.99. The van der Waals surface area contributed by atoms with Crippen molar-refractivity contribution in [1.82, 2.24) is 9.97 Å².